The van der Waals surface area contributed by atoms with Gasteiger partial charge in [-0.05, 0) is 43.9 Å². The van der Waals surface area contributed by atoms with Crippen LogP contribution >= 0.6 is 11.3 Å². The van der Waals surface area contributed by atoms with Crippen LogP contribution in [-0.2, 0) is 0 Å². The number of aryl methyl sites for hydroxylation is 1. The lowest BCUT2D eigenvalue weighted by Gasteiger charge is -2.16. The van der Waals surface area contributed by atoms with E-state index in [1.165, 1.54) is 16.0 Å². The van der Waals surface area contributed by atoms with Gasteiger partial charge in [-0.25, -0.2) is 0 Å². The van der Waals surface area contributed by atoms with Crippen LogP contribution in [0.4, 0.5) is 0 Å². The molecule has 0 spiro atoms. The van der Waals surface area contributed by atoms with E-state index in [2.05, 4.69) is 54.0 Å². The lowest BCUT2D eigenvalue weighted by Crippen LogP contribution is -2.12. The molecule has 1 N–H and O–H groups in total. The van der Waals surface area contributed by atoms with Gasteiger partial charge in [-0.1, -0.05) is 35.9 Å². The average molecular weight is 245 g/mol. The van der Waals surface area contributed by atoms with E-state index < -0.39 is 0 Å². The summed E-state index contributed by atoms with van der Waals surface area (Å²) in [4.78, 5) is 1.46. The lowest BCUT2D eigenvalue weighted by molar-refractivity contribution is 0.668. The fourth-order valence-electron chi connectivity index (χ4n) is 2.05. The standard InChI is InChI=1S/C15H19NS/c1-12-5-7-13(8-6-12)14(9-10-16-2)15-4-3-11-17-15/h3-8,11,14,16H,9-10H2,1-2H3. The van der Waals surface area contributed by atoms with Gasteiger partial charge in [0.15, 0.2) is 0 Å². The van der Waals surface area contributed by atoms with Crippen molar-refractivity contribution < 1.29 is 0 Å². The number of hydrogen-bond acceptors (Lipinski definition) is 2. The monoisotopic (exact) mass is 245 g/mol. The van der Waals surface area contributed by atoms with Crippen molar-refractivity contribution in [2.45, 2.75) is 19.3 Å². The van der Waals surface area contributed by atoms with Gasteiger partial charge in [0.2, 0.25) is 0 Å². The second-order valence-corrected chi connectivity index (χ2v) is 5.35. The van der Waals surface area contributed by atoms with Gasteiger partial charge in [-0.15, -0.1) is 11.3 Å². The maximum absolute atomic E-state index is 3.25. The van der Waals surface area contributed by atoms with E-state index in [-0.39, 0.29) is 0 Å². The Labute approximate surface area is 108 Å². The maximum atomic E-state index is 3.25. The van der Waals surface area contributed by atoms with Crippen molar-refractivity contribution in [2.24, 2.45) is 0 Å². The third-order valence-corrected chi connectivity index (χ3v) is 4.04. The van der Waals surface area contributed by atoms with Gasteiger partial charge in [0.05, 0.1) is 0 Å². The highest BCUT2D eigenvalue weighted by Crippen LogP contribution is 2.31. The molecular formula is C15H19NS. The summed E-state index contributed by atoms with van der Waals surface area (Å²) in [6, 6.07) is 13.3. The number of nitrogens with one attached hydrogen (secondary N) is 1. The molecular weight excluding hydrogens is 226 g/mol. The number of benzene rings is 1. The van der Waals surface area contributed by atoms with Crippen LogP contribution in [0, 0.1) is 6.92 Å². The number of rotatable bonds is 5. The molecule has 2 rings (SSSR count). The summed E-state index contributed by atoms with van der Waals surface area (Å²) in [7, 11) is 2.01. The van der Waals surface area contributed by atoms with Gasteiger partial charge in [0.25, 0.3) is 0 Å². The van der Waals surface area contributed by atoms with Gasteiger partial charge >= 0.3 is 0 Å². The molecule has 0 amide bonds. The molecule has 1 aromatic heterocycles. The Hall–Kier alpha value is -1.12. The smallest absolute Gasteiger partial charge is 0.0196 e. The normalized spacial score (nSPS) is 12.6. The second kappa shape index (κ2) is 5.99. The molecule has 1 atom stereocenters. The molecule has 0 fully saturated rings. The van der Waals surface area contributed by atoms with E-state index in [1.807, 2.05) is 18.4 Å². The predicted octanol–water partition coefficient (Wildman–Crippen LogP) is 3.80. The molecule has 17 heavy (non-hydrogen) atoms. The van der Waals surface area contributed by atoms with Gasteiger partial charge in [-0.3, -0.25) is 0 Å². The van der Waals surface area contributed by atoms with E-state index in [4.69, 9.17) is 0 Å². The molecule has 2 heteroatoms. The van der Waals surface area contributed by atoms with Gasteiger partial charge in [0.1, 0.15) is 0 Å². The molecule has 0 aliphatic carbocycles. The summed E-state index contributed by atoms with van der Waals surface area (Å²) in [6.07, 6.45) is 1.15. The van der Waals surface area contributed by atoms with Gasteiger partial charge in [-0.2, -0.15) is 0 Å². The molecule has 1 unspecified atom stereocenters. The average Bonchev–Trinajstić information content (AvgIpc) is 2.85. The Morgan fingerprint density at radius 1 is 1.18 bits per heavy atom. The highest BCUT2D eigenvalue weighted by Gasteiger charge is 2.14. The van der Waals surface area contributed by atoms with Crippen LogP contribution in [0.5, 0.6) is 0 Å². The van der Waals surface area contributed by atoms with Crippen molar-refractivity contribution in [3.8, 4) is 0 Å². The largest absolute Gasteiger partial charge is 0.320 e. The first-order valence-corrected chi connectivity index (χ1v) is 6.94. The summed E-state index contributed by atoms with van der Waals surface area (Å²) < 4.78 is 0. The predicted molar refractivity (Wildman–Crippen MR) is 75.9 cm³/mol. The molecule has 0 aliphatic heterocycles. The van der Waals surface area contributed by atoms with E-state index in [1.54, 1.807) is 0 Å². The van der Waals surface area contributed by atoms with Crippen molar-refractivity contribution in [3.05, 3.63) is 57.8 Å². The fourth-order valence-corrected chi connectivity index (χ4v) is 2.94. The maximum Gasteiger partial charge on any atom is 0.0196 e. The van der Waals surface area contributed by atoms with E-state index >= 15 is 0 Å². The lowest BCUT2D eigenvalue weighted by atomic mass is 9.93. The number of thiophene rings is 1. The summed E-state index contributed by atoms with van der Waals surface area (Å²) in [6.45, 7) is 3.19. The first-order chi connectivity index (χ1) is 8.31. The minimum Gasteiger partial charge on any atom is -0.320 e. The van der Waals surface area contributed by atoms with Crippen molar-refractivity contribution in [3.63, 3.8) is 0 Å². The first-order valence-electron chi connectivity index (χ1n) is 6.06. The van der Waals surface area contributed by atoms with Crippen molar-refractivity contribution in [2.75, 3.05) is 13.6 Å². The van der Waals surface area contributed by atoms with Gasteiger partial charge < -0.3 is 5.32 Å². The van der Waals surface area contributed by atoms with Crippen molar-refractivity contribution in [1.82, 2.24) is 5.32 Å². The topological polar surface area (TPSA) is 12.0 Å². The molecule has 1 aromatic carbocycles. The third-order valence-electron chi connectivity index (χ3n) is 3.05. The molecule has 0 saturated heterocycles. The zero-order valence-corrected chi connectivity index (χ0v) is 11.3. The van der Waals surface area contributed by atoms with Crippen LogP contribution in [0.1, 0.15) is 28.3 Å². The third kappa shape index (κ3) is 3.18. The van der Waals surface area contributed by atoms with Crippen molar-refractivity contribution >= 4 is 11.3 Å². The zero-order valence-electron chi connectivity index (χ0n) is 10.4. The molecule has 0 saturated carbocycles. The Kier molecular flexibility index (Phi) is 4.35. The minimum atomic E-state index is 0.531. The number of hydrogen-bond donors (Lipinski definition) is 1. The summed E-state index contributed by atoms with van der Waals surface area (Å²) in [5, 5.41) is 5.41. The Morgan fingerprint density at radius 2 is 1.94 bits per heavy atom. The summed E-state index contributed by atoms with van der Waals surface area (Å²) >= 11 is 1.85. The Balaban J connectivity index is 2.23. The van der Waals surface area contributed by atoms with Crippen LogP contribution < -0.4 is 5.32 Å². The first kappa shape index (κ1) is 12.3. The van der Waals surface area contributed by atoms with Crippen LogP contribution in [0.2, 0.25) is 0 Å². The van der Waals surface area contributed by atoms with Crippen LogP contribution in [0.25, 0.3) is 0 Å². The molecule has 2 aromatic rings. The quantitative estimate of drug-likeness (QED) is 0.845. The molecule has 0 bridgehead atoms. The second-order valence-electron chi connectivity index (χ2n) is 4.37. The molecule has 1 heterocycles. The molecule has 0 aliphatic rings. The Bertz CT molecular complexity index is 430. The van der Waals surface area contributed by atoms with Crippen LogP contribution in [0.15, 0.2) is 41.8 Å². The molecule has 0 radical (unpaired) electrons. The molecule has 90 valence electrons. The van der Waals surface area contributed by atoms with E-state index in [0.717, 1.165) is 13.0 Å². The van der Waals surface area contributed by atoms with E-state index in [9.17, 15) is 0 Å². The zero-order chi connectivity index (χ0) is 12.1. The summed E-state index contributed by atoms with van der Waals surface area (Å²) in [5.41, 5.74) is 2.75. The van der Waals surface area contributed by atoms with E-state index in [0.29, 0.717) is 5.92 Å². The SMILES string of the molecule is CNCCC(c1ccc(C)cc1)c1cccs1. The highest BCUT2D eigenvalue weighted by molar-refractivity contribution is 7.10. The minimum absolute atomic E-state index is 0.531. The molecule has 1 nitrogen and oxygen atoms in total. The van der Waals surface area contributed by atoms with Crippen molar-refractivity contribution in [1.29, 1.82) is 0 Å². The van der Waals surface area contributed by atoms with Crippen LogP contribution in [0.3, 0.4) is 0 Å². The Morgan fingerprint density at radius 3 is 2.53 bits per heavy atom. The summed E-state index contributed by atoms with van der Waals surface area (Å²) in [5.74, 6) is 0.531. The van der Waals surface area contributed by atoms with Crippen LogP contribution in [-0.4, -0.2) is 13.6 Å². The highest BCUT2D eigenvalue weighted by atomic mass is 32.1. The van der Waals surface area contributed by atoms with Gasteiger partial charge in [0, 0.05) is 10.8 Å². The fraction of sp³-hybridized carbons (Fsp3) is 0.333.